The fourth-order valence-corrected chi connectivity index (χ4v) is 9.88. The van der Waals surface area contributed by atoms with Crippen molar-refractivity contribution >= 4 is 64.6 Å². The van der Waals surface area contributed by atoms with Crippen molar-refractivity contribution in [3.8, 4) is 0 Å². The van der Waals surface area contributed by atoms with Crippen molar-refractivity contribution in [3.63, 3.8) is 0 Å². The number of fused-ring (bicyclic) bond motifs is 1. The highest BCUT2D eigenvalue weighted by Crippen LogP contribution is 2.61. The molecule has 3 aliphatic heterocycles. The first-order valence-electron chi connectivity index (χ1n) is 22.5. The maximum Gasteiger partial charge on any atom is 0.403 e. The minimum Gasteiger partial charge on any atom is -0.391 e. The summed E-state index contributed by atoms with van der Waals surface area (Å²) in [4.78, 5) is 103. The van der Waals surface area contributed by atoms with Crippen molar-refractivity contribution < 1.29 is 65.0 Å². The summed E-state index contributed by atoms with van der Waals surface area (Å²) in [7, 11) is 1.36. The number of aliphatic hydroxyl groups is 1. The Morgan fingerprint density at radius 1 is 1.00 bits per heavy atom. The summed E-state index contributed by atoms with van der Waals surface area (Å²) < 4.78 is 85.0. The zero-order chi connectivity index (χ0) is 49.9. The Bertz CT molecular complexity index is 2040. The Morgan fingerprint density at radius 2 is 1.67 bits per heavy atom. The fourth-order valence-electron chi connectivity index (χ4n) is 9.49. The lowest BCUT2D eigenvalue weighted by molar-refractivity contribution is -0.299. The third kappa shape index (κ3) is 12.1. The Kier molecular flexibility index (Phi) is 17.2. The summed E-state index contributed by atoms with van der Waals surface area (Å²) in [5.74, 6) is -10.7. The molecule has 3 heterocycles. The van der Waals surface area contributed by atoms with Gasteiger partial charge in [-0.15, -0.1) is 0 Å². The van der Waals surface area contributed by atoms with Gasteiger partial charge < -0.3 is 40.7 Å². The molecule has 0 spiro atoms. The van der Waals surface area contributed by atoms with Crippen molar-refractivity contribution in [1.82, 2.24) is 35.6 Å². The number of nitrogens with one attached hydrogen (secondary N) is 3. The number of alkyl halides is 6. The molecule has 4 N–H and O–H groups in total. The monoisotopic (exact) mass is 997 g/mol. The van der Waals surface area contributed by atoms with E-state index in [1.54, 1.807) is 20.8 Å². The quantitative estimate of drug-likeness (QED) is 0.238. The van der Waals surface area contributed by atoms with Crippen LogP contribution in [0.15, 0.2) is 18.2 Å². The molecule has 3 saturated heterocycles. The summed E-state index contributed by atoms with van der Waals surface area (Å²) in [6.07, 6.45) is -12.4. The SMILES string of the molecule is CCCN(C(=O)[C@H](C)NC(=O)[C@@H]1C[C@@H](F)CN1C(=O)C1(C(F)(F)F)CC(F)(F)C1)[C@H]1CCCCNC(=O)[C@H]2C[C@H](O)CN2C(=O)[C@H](Cc2cc(Cl)ccc2Cl)N(C)C(=O)[C@H](CC(C)C)NC1=O. The standard InChI is InChI=1S/C44H59Cl2F6N7O8/c1-6-13-57(38(64)24(4)54-37(63)32-17-27(47)19-59(32)41(67)42(44(50,51)52)21-43(48,49)22-42)31-9-7-8-12-53-35(61)33-18-28(60)20-58(33)40(66)34(16-25-15-26(45)10-11-29(25)46)56(5)39(65)30(14-23(2)3)55-36(31)62/h10-11,15,23-24,27-28,30-34,60H,6-9,12-14,16-22H2,1-5H3,(H,53,61)(H,54,63)(H,55,62)/t24-,27+,28-,30-,31-,32-,33+,34-/m0/s1. The van der Waals surface area contributed by atoms with Crippen LogP contribution in [-0.2, 0) is 40.0 Å². The average Bonchev–Trinajstić information content (AvgIpc) is 3.83. The normalized spacial score (nSPS) is 27.8. The van der Waals surface area contributed by atoms with Gasteiger partial charge in [-0.25, -0.2) is 13.2 Å². The van der Waals surface area contributed by atoms with Crippen LogP contribution in [0.2, 0.25) is 10.0 Å². The third-order valence-electron chi connectivity index (χ3n) is 13.0. The number of rotatable bonds is 11. The Hall–Kier alpha value is -4.37. The molecule has 1 saturated carbocycles. The van der Waals surface area contributed by atoms with E-state index in [9.17, 15) is 65.0 Å². The molecule has 0 bridgehead atoms. The van der Waals surface area contributed by atoms with E-state index in [4.69, 9.17) is 23.2 Å². The molecule has 0 aromatic heterocycles. The second-order valence-corrected chi connectivity index (χ2v) is 19.5. The lowest BCUT2D eigenvalue weighted by Gasteiger charge is -2.48. The largest absolute Gasteiger partial charge is 0.403 e. The topological polar surface area (TPSA) is 189 Å². The predicted molar refractivity (Wildman–Crippen MR) is 232 cm³/mol. The number of likely N-dealkylation sites (N-methyl/N-ethyl adjacent to an activating group) is 1. The zero-order valence-corrected chi connectivity index (χ0v) is 39.5. The molecule has 1 aliphatic carbocycles. The van der Waals surface area contributed by atoms with Crippen molar-refractivity contribution in [1.29, 1.82) is 0 Å². The zero-order valence-electron chi connectivity index (χ0n) is 37.9. The van der Waals surface area contributed by atoms with Crippen LogP contribution < -0.4 is 16.0 Å². The molecule has 1 aromatic carbocycles. The fraction of sp³-hybridized carbons (Fsp3) is 0.705. The molecule has 1 aromatic rings. The highest BCUT2D eigenvalue weighted by atomic mass is 35.5. The second kappa shape index (κ2) is 21.5. The highest BCUT2D eigenvalue weighted by molar-refractivity contribution is 6.33. The van der Waals surface area contributed by atoms with Crippen LogP contribution in [0.5, 0.6) is 0 Å². The molecular weight excluding hydrogens is 939 g/mol. The third-order valence-corrected chi connectivity index (χ3v) is 13.6. The maximum atomic E-state index is 14.8. The number of hydrogen-bond donors (Lipinski definition) is 4. The van der Waals surface area contributed by atoms with Crippen LogP contribution in [0, 0.1) is 11.3 Å². The molecule has 4 aliphatic rings. The van der Waals surface area contributed by atoms with E-state index in [0.717, 1.165) is 4.90 Å². The Morgan fingerprint density at radius 3 is 2.28 bits per heavy atom. The summed E-state index contributed by atoms with van der Waals surface area (Å²) in [6.45, 7) is 5.32. The van der Waals surface area contributed by atoms with Gasteiger partial charge in [0.25, 0.3) is 5.92 Å². The lowest BCUT2D eigenvalue weighted by Crippen LogP contribution is -2.65. The average molecular weight is 999 g/mol. The van der Waals surface area contributed by atoms with Crippen molar-refractivity contribution in [2.24, 2.45) is 11.3 Å². The Balaban J connectivity index is 1.44. The maximum absolute atomic E-state index is 14.8. The molecule has 374 valence electrons. The molecular formula is C44H59Cl2F6N7O8. The summed E-state index contributed by atoms with van der Waals surface area (Å²) in [5.41, 5.74) is -3.13. The van der Waals surface area contributed by atoms with Crippen LogP contribution in [-0.4, -0.2) is 160 Å². The van der Waals surface area contributed by atoms with E-state index in [-0.39, 0.29) is 75.5 Å². The summed E-state index contributed by atoms with van der Waals surface area (Å²) >= 11 is 12.8. The van der Waals surface area contributed by atoms with E-state index in [0.29, 0.717) is 15.5 Å². The number of nitrogens with zero attached hydrogens (tertiary/aromatic N) is 4. The molecule has 5 rings (SSSR count). The first kappa shape index (κ1) is 53.6. The minimum atomic E-state index is -5.43. The molecule has 23 heteroatoms. The Labute approximate surface area is 394 Å². The van der Waals surface area contributed by atoms with Crippen molar-refractivity contribution in [2.45, 2.75) is 153 Å². The van der Waals surface area contributed by atoms with Crippen molar-refractivity contribution in [2.75, 3.05) is 33.2 Å². The molecule has 0 radical (unpaired) electrons. The smallest absolute Gasteiger partial charge is 0.391 e. The van der Waals surface area contributed by atoms with E-state index in [1.807, 2.05) is 0 Å². The molecule has 0 unspecified atom stereocenters. The predicted octanol–water partition coefficient (Wildman–Crippen LogP) is 4.18. The van der Waals surface area contributed by atoms with Gasteiger partial charge in [0.1, 0.15) is 42.4 Å². The van der Waals surface area contributed by atoms with E-state index < -0.39 is 133 Å². The highest BCUT2D eigenvalue weighted by Gasteiger charge is 2.75. The van der Waals surface area contributed by atoms with Crippen LogP contribution in [0.25, 0.3) is 0 Å². The van der Waals surface area contributed by atoms with Crippen molar-refractivity contribution in [3.05, 3.63) is 33.8 Å². The number of benzene rings is 1. The number of halogens is 8. The molecule has 8 atom stereocenters. The van der Waals surface area contributed by atoms with Gasteiger partial charge in [0.05, 0.1) is 12.6 Å². The number of amides is 7. The van der Waals surface area contributed by atoms with E-state index in [1.165, 1.54) is 42.0 Å². The minimum absolute atomic E-state index is 0.0340. The van der Waals surface area contributed by atoms with Gasteiger partial charge in [0, 0.05) is 68.8 Å². The number of aliphatic hydroxyl groups excluding tert-OH is 1. The van der Waals surface area contributed by atoms with Gasteiger partial charge in [-0.05, 0) is 68.7 Å². The van der Waals surface area contributed by atoms with Gasteiger partial charge in [-0.3, -0.25) is 33.6 Å². The van der Waals surface area contributed by atoms with Gasteiger partial charge >= 0.3 is 6.18 Å². The number of hydrogen-bond acceptors (Lipinski definition) is 8. The summed E-state index contributed by atoms with van der Waals surface area (Å²) in [6, 6.07) is -3.84. The van der Waals surface area contributed by atoms with Gasteiger partial charge in [0.2, 0.25) is 41.4 Å². The molecule has 15 nitrogen and oxygen atoms in total. The molecule has 4 fully saturated rings. The number of likely N-dealkylation sites (tertiary alicyclic amines) is 1. The molecule has 7 amide bonds. The van der Waals surface area contributed by atoms with E-state index >= 15 is 0 Å². The first-order valence-corrected chi connectivity index (χ1v) is 23.2. The van der Waals surface area contributed by atoms with Gasteiger partial charge in [-0.1, -0.05) is 44.0 Å². The molecule has 67 heavy (non-hydrogen) atoms. The van der Waals surface area contributed by atoms with Crippen LogP contribution >= 0.6 is 23.2 Å². The first-order chi connectivity index (χ1) is 31.2. The lowest BCUT2D eigenvalue weighted by atomic mass is 9.64. The van der Waals surface area contributed by atoms with E-state index in [2.05, 4.69) is 16.0 Å². The van der Waals surface area contributed by atoms with Crippen LogP contribution in [0.1, 0.15) is 91.0 Å². The van der Waals surface area contributed by atoms with Crippen LogP contribution in [0.4, 0.5) is 26.3 Å². The summed E-state index contributed by atoms with van der Waals surface area (Å²) in [5, 5.41) is 19.1. The number of carbonyl (C=O) groups excluding carboxylic acids is 7. The van der Waals surface area contributed by atoms with Gasteiger partial charge in [-0.2, -0.15) is 13.2 Å². The van der Waals surface area contributed by atoms with Gasteiger partial charge in [0.15, 0.2) is 5.41 Å². The van der Waals surface area contributed by atoms with Crippen LogP contribution in [0.3, 0.4) is 0 Å². The number of carbonyl (C=O) groups is 7. The second-order valence-electron chi connectivity index (χ2n) is 18.7.